The number of hydrogen-bond donors (Lipinski definition) is 2. The third-order valence-electron chi connectivity index (χ3n) is 2.46. The maximum Gasteiger partial charge on any atom is 0.121 e. The number of methoxy groups -OCH3 is 1. The van der Waals surface area contributed by atoms with Crippen LogP contribution in [0, 0.1) is 0 Å². The molecule has 0 unspecified atom stereocenters. The lowest BCUT2D eigenvalue weighted by Gasteiger charge is -2.12. The van der Waals surface area contributed by atoms with Gasteiger partial charge in [-0.15, -0.1) is 0 Å². The minimum absolute atomic E-state index is 0.643. The van der Waals surface area contributed by atoms with Crippen molar-refractivity contribution in [1.29, 1.82) is 0 Å². The van der Waals surface area contributed by atoms with Crippen LogP contribution >= 0.6 is 31.9 Å². The first-order chi connectivity index (χ1) is 8.60. The molecule has 0 bridgehead atoms. The van der Waals surface area contributed by atoms with E-state index in [-0.39, 0.29) is 0 Å². The highest BCUT2D eigenvalue weighted by Gasteiger charge is 2.04. The zero-order chi connectivity index (χ0) is 13.1. The molecule has 0 amide bonds. The van der Waals surface area contributed by atoms with Crippen LogP contribution in [0.25, 0.3) is 0 Å². The average molecular weight is 372 g/mol. The topological polar surface area (TPSA) is 47.3 Å². The Morgan fingerprint density at radius 3 is 2.39 bits per heavy atom. The third kappa shape index (κ3) is 2.97. The van der Waals surface area contributed by atoms with Crippen molar-refractivity contribution >= 4 is 48.9 Å². The van der Waals surface area contributed by atoms with Crippen LogP contribution in [0.3, 0.4) is 0 Å². The number of anilines is 3. The quantitative estimate of drug-likeness (QED) is 0.778. The van der Waals surface area contributed by atoms with Crippen molar-refractivity contribution in [3.8, 4) is 5.75 Å². The fraction of sp³-hybridized carbons (Fsp3) is 0.0769. The zero-order valence-electron chi connectivity index (χ0n) is 9.71. The van der Waals surface area contributed by atoms with E-state index < -0.39 is 0 Å². The van der Waals surface area contributed by atoms with Crippen LogP contribution in [0.1, 0.15) is 0 Å². The number of ether oxygens (including phenoxy) is 1. The first-order valence-electron chi connectivity index (χ1n) is 5.26. The van der Waals surface area contributed by atoms with E-state index in [1.807, 2.05) is 30.3 Å². The van der Waals surface area contributed by atoms with Crippen LogP contribution in [-0.4, -0.2) is 7.11 Å². The molecule has 0 aliphatic carbocycles. The van der Waals surface area contributed by atoms with Crippen molar-refractivity contribution in [2.45, 2.75) is 0 Å². The van der Waals surface area contributed by atoms with Crippen molar-refractivity contribution in [2.24, 2.45) is 0 Å². The number of rotatable bonds is 3. The lowest BCUT2D eigenvalue weighted by Crippen LogP contribution is -1.97. The highest BCUT2D eigenvalue weighted by molar-refractivity contribution is 9.11. The second-order valence-corrected chi connectivity index (χ2v) is 5.47. The molecule has 3 N–H and O–H groups in total. The monoisotopic (exact) mass is 370 g/mol. The Balaban J connectivity index is 2.28. The summed E-state index contributed by atoms with van der Waals surface area (Å²) in [6, 6.07) is 11.5. The molecule has 0 heterocycles. The summed E-state index contributed by atoms with van der Waals surface area (Å²) >= 11 is 6.92. The summed E-state index contributed by atoms with van der Waals surface area (Å²) in [4.78, 5) is 0. The van der Waals surface area contributed by atoms with Gasteiger partial charge in [0.15, 0.2) is 0 Å². The summed E-state index contributed by atoms with van der Waals surface area (Å²) in [6.07, 6.45) is 0. The van der Waals surface area contributed by atoms with Gasteiger partial charge in [0.05, 0.1) is 24.2 Å². The summed E-state index contributed by atoms with van der Waals surface area (Å²) in [5.74, 6) is 0.743. The summed E-state index contributed by atoms with van der Waals surface area (Å²) in [6.45, 7) is 0. The smallest absolute Gasteiger partial charge is 0.121 e. The van der Waals surface area contributed by atoms with Crippen LogP contribution in [-0.2, 0) is 0 Å². The molecule has 0 radical (unpaired) electrons. The molecule has 2 rings (SSSR count). The predicted octanol–water partition coefficient (Wildman–Crippen LogP) is 4.55. The first-order valence-corrected chi connectivity index (χ1v) is 6.84. The Morgan fingerprint density at radius 1 is 1.06 bits per heavy atom. The second kappa shape index (κ2) is 5.63. The largest absolute Gasteiger partial charge is 0.497 e. The molecule has 0 aliphatic heterocycles. The molecule has 3 nitrogen and oxygen atoms in total. The van der Waals surface area contributed by atoms with E-state index in [1.165, 1.54) is 0 Å². The predicted molar refractivity (Wildman–Crippen MR) is 82.5 cm³/mol. The fourth-order valence-corrected chi connectivity index (χ4v) is 2.66. The molecule has 2 aromatic rings. The minimum atomic E-state index is 0.643. The molecule has 0 spiro atoms. The summed E-state index contributed by atoms with van der Waals surface area (Å²) in [7, 11) is 1.62. The minimum Gasteiger partial charge on any atom is -0.497 e. The van der Waals surface area contributed by atoms with E-state index >= 15 is 0 Å². The number of nitrogens with one attached hydrogen (secondary N) is 1. The maximum atomic E-state index is 5.96. The molecule has 0 atom stereocenters. The summed E-state index contributed by atoms with van der Waals surface area (Å²) in [5.41, 5.74) is 8.40. The highest BCUT2D eigenvalue weighted by atomic mass is 79.9. The van der Waals surface area contributed by atoms with Gasteiger partial charge in [-0.1, -0.05) is 15.9 Å². The maximum absolute atomic E-state index is 5.96. The molecule has 0 saturated carbocycles. The van der Waals surface area contributed by atoms with Gasteiger partial charge in [-0.2, -0.15) is 0 Å². The van der Waals surface area contributed by atoms with Gasteiger partial charge < -0.3 is 15.8 Å². The van der Waals surface area contributed by atoms with Gasteiger partial charge in [0, 0.05) is 15.0 Å². The SMILES string of the molecule is COc1ccc(Nc2ccc(Br)cc2Br)c(N)c1. The lowest BCUT2D eigenvalue weighted by molar-refractivity contribution is 0.415. The molecule has 18 heavy (non-hydrogen) atoms. The van der Waals surface area contributed by atoms with Crippen molar-refractivity contribution in [1.82, 2.24) is 0 Å². The van der Waals surface area contributed by atoms with E-state index in [0.717, 1.165) is 26.1 Å². The Bertz CT molecular complexity index is 573. The molecular weight excluding hydrogens is 360 g/mol. The van der Waals surface area contributed by atoms with Gasteiger partial charge in [-0.05, 0) is 46.3 Å². The number of benzene rings is 2. The second-order valence-electron chi connectivity index (χ2n) is 3.70. The highest BCUT2D eigenvalue weighted by Crippen LogP contribution is 2.32. The van der Waals surface area contributed by atoms with Crippen LogP contribution in [0.2, 0.25) is 0 Å². The van der Waals surface area contributed by atoms with Crippen molar-refractivity contribution < 1.29 is 4.74 Å². The van der Waals surface area contributed by atoms with Crippen LogP contribution in [0.4, 0.5) is 17.1 Å². The molecule has 2 aromatic carbocycles. The molecule has 0 saturated heterocycles. The summed E-state index contributed by atoms with van der Waals surface area (Å²) in [5, 5.41) is 3.27. The van der Waals surface area contributed by atoms with E-state index in [9.17, 15) is 0 Å². The molecule has 94 valence electrons. The number of nitrogens with two attached hydrogens (primary N) is 1. The molecule has 0 fully saturated rings. The Hall–Kier alpha value is -1.20. The fourth-order valence-electron chi connectivity index (χ4n) is 1.52. The Morgan fingerprint density at radius 2 is 1.78 bits per heavy atom. The van der Waals surface area contributed by atoms with E-state index in [2.05, 4.69) is 37.2 Å². The standard InChI is InChI=1S/C13H12Br2N2O/c1-18-9-3-5-13(11(16)7-9)17-12-4-2-8(14)6-10(12)15/h2-7,17H,16H2,1H3. The lowest BCUT2D eigenvalue weighted by atomic mass is 10.2. The van der Waals surface area contributed by atoms with Crippen molar-refractivity contribution in [3.63, 3.8) is 0 Å². The molecule has 0 aromatic heterocycles. The number of nitrogen functional groups attached to an aromatic ring is 1. The van der Waals surface area contributed by atoms with Crippen molar-refractivity contribution in [3.05, 3.63) is 45.3 Å². The Labute approximate surface area is 123 Å². The van der Waals surface area contributed by atoms with Crippen LogP contribution in [0.5, 0.6) is 5.75 Å². The zero-order valence-corrected chi connectivity index (χ0v) is 12.9. The van der Waals surface area contributed by atoms with Gasteiger partial charge in [-0.25, -0.2) is 0 Å². The third-order valence-corrected chi connectivity index (χ3v) is 3.61. The van der Waals surface area contributed by atoms with Crippen LogP contribution < -0.4 is 15.8 Å². The first kappa shape index (κ1) is 13.2. The van der Waals surface area contributed by atoms with Crippen molar-refractivity contribution in [2.75, 3.05) is 18.2 Å². The average Bonchev–Trinajstić information content (AvgIpc) is 2.34. The Kier molecular flexibility index (Phi) is 4.14. The number of hydrogen-bond acceptors (Lipinski definition) is 3. The van der Waals surface area contributed by atoms with Gasteiger partial charge in [0.25, 0.3) is 0 Å². The van der Waals surface area contributed by atoms with Gasteiger partial charge >= 0.3 is 0 Å². The van der Waals surface area contributed by atoms with Crippen LogP contribution in [0.15, 0.2) is 45.3 Å². The van der Waals surface area contributed by atoms with Gasteiger partial charge in [-0.3, -0.25) is 0 Å². The van der Waals surface area contributed by atoms with E-state index in [4.69, 9.17) is 10.5 Å². The van der Waals surface area contributed by atoms with Gasteiger partial charge in [0.1, 0.15) is 5.75 Å². The summed E-state index contributed by atoms with van der Waals surface area (Å²) < 4.78 is 7.10. The van der Waals surface area contributed by atoms with E-state index in [1.54, 1.807) is 13.2 Å². The van der Waals surface area contributed by atoms with E-state index in [0.29, 0.717) is 5.69 Å². The van der Waals surface area contributed by atoms with Gasteiger partial charge in [0.2, 0.25) is 0 Å². The molecule has 5 heteroatoms. The number of halogens is 2. The normalized spacial score (nSPS) is 10.2. The molecular formula is C13H12Br2N2O. The molecule has 0 aliphatic rings.